The smallest absolute Gasteiger partial charge is 0.247 e. The van der Waals surface area contributed by atoms with Gasteiger partial charge in [0.1, 0.15) is 5.75 Å². The Balaban J connectivity index is 1.30. The summed E-state index contributed by atoms with van der Waals surface area (Å²) in [6.07, 6.45) is 1.16. The third-order valence-corrected chi connectivity index (χ3v) is 6.94. The number of piperidine rings is 1. The molecule has 162 valence electrons. The van der Waals surface area contributed by atoms with Crippen molar-refractivity contribution in [3.63, 3.8) is 0 Å². The highest BCUT2D eigenvalue weighted by Gasteiger charge is 2.37. The summed E-state index contributed by atoms with van der Waals surface area (Å²) < 4.78 is 5.32. The van der Waals surface area contributed by atoms with Crippen LogP contribution in [0.5, 0.6) is 5.75 Å². The van der Waals surface area contributed by atoms with Crippen LogP contribution in [0.4, 0.5) is 5.69 Å². The van der Waals surface area contributed by atoms with Crippen LogP contribution in [0, 0.1) is 5.92 Å². The number of rotatable bonds is 5. The van der Waals surface area contributed by atoms with Crippen molar-refractivity contribution in [1.82, 2.24) is 10.2 Å². The Morgan fingerprint density at radius 2 is 1.84 bits per heavy atom. The zero-order chi connectivity index (χ0) is 21.8. The van der Waals surface area contributed by atoms with Crippen LogP contribution in [-0.2, 0) is 20.9 Å². The van der Waals surface area contributed by atoms with Crippen LogP contribution in [0.25, 0.3) is 0 Å². The van der Waals surface area contributed by atoms with E-state index in [9.17, 15) is 14.4 Å². The van der Waals surface area contributed by atoms with E-state index in [1.54, 1.807) is 12.0 Å². The van der Waals surface area contributed by atoms with Gasteiger partial charge in [-0.15, -0.1) is 11.8 Å². The maximum atomic E-state index is 13.0. The van der Waals surface area contributed by atoms with Gasteiger partial charge in [0.15, 0.2) is 5.25 Å². The molecule has 31 heavy (non-hydrogen) atoms. The number of nitrogens with zero attached hydrogens (tertiary/aromatic N) is 1. The second-order valence-electron chi connectivity index (χ2n) is 7.61. The topological polar surface area (TPSA) is 87.7 Å². The first-order valence-electron chi connectivity index (χ1n) is 10.3. The molecule has 0 bridgehead atoms. The molecule has 0 aliphatic carbocycles. The fraction of sp³-hybridized carbons (Fsp3) is 0.348. The number of fused-ring (bicyclic) bond motifs is 1. The number of carbonyl (C=O) groups excluding carboxylic acids is 3. The Morgan fingerprint density at radius 1 is 1.13 bits per heavy atom. The molecule has 2 aliphatic heterocycles. The molecule has 3 amide bonds. The third kappa shape index (κ3) is 4.69. The lowest BCUT2D eigenvalue weighted by Crippen LogP contribution is -2.49. The lowest BCUT2D eigenvalue weighted by molar-refractivity contribution is -0.137. The van der Waals surface area contributed by atoms with Gasteiger partial charge in [0.2, 0.25) is 17.7 Å². The molecule has 0 radical (unpaired) electrons. The van der Waals surface area contributed by atoms with Crippen molar-refractivity contribution in [1.29, 1.82) is 0 Å². The Kier molecular flexibility index (Phi) is 6.46. The fourth-order valence-corrected chi connectivity index (χ4v) is 4.99. The SMILES string of the molecule is COc1ccccc1CNC(=O)C1CCN(C(=O)C2Sc3ccccc3NC2=O)CC1. The monoisotopic (exact) mass is 439 g/mol. The zero-order valence-electron chi connectivity index (χ0n) is 17.3. The van der Waals surface area contributed by atoms with E-state index in [1.165, 1.54) is 11.8 Å². The van der Waals surface area contributed by atoms with Gasteiger partial charge in [-0.2, -0.15) is 0 Å². The summed E-state index contributed by atoms with van der Waals surface area (Å²) in [6.45, 7) is 1.34. The molecule has 2 N–H and O–H groups in total. The number of thioether (sulfide) groups is 1. The first kappa shape index (κ1) is 21.2. The lowest BCUT2D eigenvalue weighted by atomic mass is 9.95. The third-order valence-electron chi connectivity index (χ3n) is 5.68. The van der Waals surface area contributed by atoms with E-state index >= 15 is 0 Å². The number of benzene rings is 2. The van der Waals surface area contributed by atoms with Gasteiger partial charge in [-0.1, -0.05) is 30.3 Å². The number of para-hydroxylation sites is 2. The summed E-state index contributed by atoms with van der Waals surface area (Å²) in [5.41, 5.74) is 1.67. The zero-order valence-corrected chi connectivity index (χ0v) is 18.1. The minimum absolute atomic E-state index is 0.0169. The summed E-state index contributed by atoms with van der Waals surface area (Å²) in [4.78, 5) is 40.6. The fourth-order valence-electron chi connectivity index (χ4n) is 3.92. The van der Waals surface area contributed by atoms with Crippen LogP contribution < -0.4 is 15.4 Å². The minimum atomic E-state index is -0.786. The Bertz CT molecular complexity index is 988. The number of hydrogen-bond acceptors (Lipinski definition) is 5. The van der Waals surface area contributed by atoms with Gasteiger partial charge < -0.3 is 20.3 Å². The molecule has 2 aliphatic rings. The Labute approximate surface area is 185 Å². The molecule has 0 aromatic heterocycles. The van der Waals surface area contributed by atoms with Gasteiger partial charge in [0, 0.05) is 36.0 Å². The average Bonchev–Trinajstić information content (AvgIpc) is 2.82. The molecule has 1 atom stereocenters. The number of amides is 3. The average molecular weight is 440 g/mol. The van der Waals surface area contributed by atoms with Crippen LogP contribution in [0.15, 0.2) is 53.4 Å². The van der Waals surface area contributed by atoms with Gasteiger partial charge in [-0.3, -0.25) is 14.4 Å². The first-order chi connectivity index (χ1) is 15.1. The molecule has 1 unspecified atom stereocenters. The molecule has 0 spiro atoms. The van der Waals surface area contributed by atoms with Crippen LogP contribution >= 0.6 is 11.8 Å². The Hall–Kier alpha value is -3.00. The van der Waals surface area contributed by atoms with Crippen LogP contribution in [0.3, 0.4) is 0 Å². The molecule has 4 rings (SSSR count). The molecule has 1 saturated heterocycles. The largest absolute Gasteiger partial charge is 0.496 e. The van der Waals surface area contributed by atoms with Crippen molar-refractivity contribution in [2.75, 3.05) is 25.5 Å². The minimum Gasteiger partial charge on any atom is -0.496 e. The molecule has 2 heterocycles. The van der Waals surface area contributed by atoms with Crippen molar-refractivity contribution >= 4 is 35.2 Å². The molecule has 7 nitrogen and oxygen atoms in total. The van der Waals surface area contributed by atoms with Crippen LogP contribution in [0.2, 0.25) is 0 Å². The summed E-state index contributed by atoms with van der Waals surface area (Å²) in [7, 11) is 1.61. The van der Waals surface area contributed by atoms with E-state index in [4.69, 9.17) is 4.74 Å². The van der Waals surface area contributed by atoms with Gasteiger partial charge in [0.25, 0.3) is 0 Å². The van der Waals surface area contributed by atoms with E-state index in [2.05, 4.69) is 10.6 Å². The normalized spacial score (nSPS) is 18.7. The van der Waals surface area contributed by atoms with E-state index in [0.717, 1.165) is 21.9 Å². The van der Waals surface area contributed by atoms with E-state index < -0.39 is 5.25 Å². The summed E-state index contributed by atoms with van der Waals surface area (Å²) >= 11 is 1.29. The molecule has 2 aromatic rings. The van der Waals surface area contributed by atoms with Crippen LogP contribution in [0.1, 0.15) is 18.4 Å². The number of likely N-dealkylation sites (tertiary alicyclic amines) is 1. The number of ether oxygens (including phenoxy) is 1. The molecule has 1 fully saturated rings. The van der Waals surface area contributed by atoms with Crippen molar-refractivity contribution in [2.45, 2.75) is 29.5 Å². The maximum Gasteiger partial charge on any atom is 0.247 e. The molecular formula is C23H25N3O4S. The molecule has 2 aromatic carbocycles. The molecule has 8 heteroatoms. The highest BCUT2D eigenvalue weighted by atomic mass is 32.2. The van der Waals surface area contributed by atoms with Gasteiger partial charge in [-0.25, -0.2) is 0 Å². The van der Waals surface area contributed by atoms with Crippen molar-refractivity contribution in [3.8, 4) is 5.75 Å². The molecular weight excluding hydrogens is 414 g/mol. The second kappa shape index (κ2) is 9.43. The van der Waals surface area contributed by atoms with Gasteiger partial charge in [0.05, 0.1) is 12.8 Å². The predicted octanol–water partition coefficient (Wildman–Crippen LogP) is 2.66. The number of carbonyl (C=O) groups is 3. The van der Waals surface area contributed by atoms with E-state index in [0.29, 0.717) is 32.5 Å². The quantitative estimate of drug-likeness (QED) is 0.700. The predicted molar refractivity (Wildman–Crippen MR) is 119 cm³/mol. The van der Waals surface area contributed by atoms with Crippen molar-refractivity contribution < 1.29 is 19.1 Å². The van der Waals surface area contributed by atoms with Crippen molar-refractivity contribution in [2.24, 2.45) is 5.92 Å². The van der Waals surface area contributed by atoms with E-state index in [1.807, 2.05) is 48.5 Å². The lowest BCUT2D eigenvalue weighted by Gasteiger charge is -2.34. The molecule has 0 saturated carbocycles. The summed E-state index contributed by atoms with van der Waals surface area (Å²) in [5, 5.41) is 5.01. The number of hydrogen-bond donors (Lipinski definition) is 2. The second-order valence-corrected chi connectivity index (χ2v) is 8.76. The number of nitrogens with one attached hydrogen (secondary N) is 2. The van der Waals surface area contributed by atoms with Crippen LogP contribution in [-0.4, -0.2) is 48.1 Å². The number of methoxy groups -OCH3 is 1. The number of anilines is 1. The van der Waals surface area contributed by atoms with E-state index in [-0.39, 0.29) is 23.6 Å². The summed E-state index contributed by atoms with van der Waals surface area (Å²) in [6, 6.07) is 15.1. The van der Waals surface area contributed by atoms with Gasteiger partial charge in [-0.05, 0) is 31.0 Å². The first-order valence-corrected chi connectivity index (χ1v) is 11.2. The standard InChI is InChI=1S/C23H25N3O4S/c1-30-18-8-4-2-6-16(18)14-24-21(27)15-10-12-26(13-11-15)23(29)20-22(28)25-17-7-3-5-9-19(17)31-20/h2-9,15,20H,10-14H2,1H3,(H,24,27)(H,25,28). The highest BCUT2D eigenvalue weighted by Crippen LogP contribution is 2.36. The maximum absolute atomic E-state index is 13.0. The van der Waals surface area contributed by atoms with Crippen molar-refractivity contribution in [3.05, 3.63) is 54.1 Å². The Morgan fingerprint density at radius 3 is 2.61 bits per heavy atom. The highest BCUT2D eigenvalue weighted by molar-refractivity contribution is 8.01. The van der Waals surface area contributed by atoms with Gasteiger partial charge >= 0.3 is 0 Å². The summed E-state index contributed by atoms with van der Waals surface area (Å²) in [5.74, 6) is 0.104.